The van der Waals surface area contributed by atoms with Gasteiger partial charge < -0.3 is 38.6 Å². The van der Waals surface area contributed by atoms with Crippen molar-refractivity contribution in [1.29, 1.82) is 0 Å². The number of methoxy groups -OCH3 is 2. The van der Waals surface area contributed by atoms with Crippen molar-refractivity contribution in [3.8, 4) is 68.7 Å². The molecule has 0 saturated heterocycles. The minimum Gasteiger partial charge on any atom is -0.507 e. The van der Waals surface area contributed by atoms with E-state index < -0.39 is 0 Å². The predicted octanol–water partition coefficient (Wildman–Crippen LogP) is 12.0. The monoisotopic (exact) mass is 1140 g/mol. The number of alkyl halides is 1. The number of nitrogens with zero attached hydrogens (tertiary/aromatic N) is 9. The van der Waals surface area contributed by atoms with E-state index in [0.29, 0.717) is 53.1 Å². The van der Waals surface area contributed by atoms with E-state index in [1.807, 2.05) is 68.6 Å². The van der Waals surface area contributed by atoms with Gasteiger partial charge in [0.15, 0.2) is 32.4 Å². The molecule has 20 nitrogen and oxygen atoms in total. The highest BCUT2D eigenvalue weighted by atomic mass is 35.5. The van der Waals surface area contributed by atoms with E-state index in [-0.39, 0.29) is 61.5 Å². The molecule has 0 aliphatic heterocycles. The first kappa shape index (κ1) is 62.0. The summed E-state index contributed by atoms with van der Waals surface area (Å²) in [6.07, 6.45) is 12.4. The number of halogens is 1. The van der Waals surface area contributed by atoms with E-state index in [9.17, 15) is 24.6 Å². The topological polar surface area (TPSA) is 239 Å². The lowest BCUT2D eigenvalue weighted by atomic mass is 10.1. The normalized spacial score (nSPS) is 10.7. The van der Waals surface area contributed by atoms with E-state index in [4.69, 9.17) is 35.3 Å². The maximum Gasteiger partial charge on any atom is 0.188 e. The van der Waals surface area contributed by atoms with Crippen LogP contribution in [0, 0.1) is 0 Å². The molecule has 2 N–H and O–H groups in total. The van der Waals surface area contributed by atoms with Gasteiger partial charge in [-0.1, -0.05) is 36.4 Å². The molecular formula is C61H66ClN9O11. The molecule has 0 aliphatic rings. The molecule has 3 aromatic carbocycles. The molecule has 0 unspecified atom stereocenters. The van der Waals surface area contributed by atoms with Crippen molar-refractivity contribution in [3.05, 3.63) is 180 Å². The van der Waals surface area contributed by atoms with Crippen LogP contribution in [-0.2, 0) is 28.6 Å². The van der Waals surface area contributed by atoms with Gasteiger partial charge in [-0.05, 0) is 120 Å². The summed E-state index contributed by atoms with van der Waals surface area (Å²) in [5, 5.41) is 32.0. The number of aromatic hydroxyl groups is 2. The number of carbonyl (C=O) groups is 3. The number of ether oxygens (including phenoxy) is 6. The minimum atomic E-state index is -0.100. The van der Waals surface area contributed by atoms with Crippen LogP contribution in [0.15, 0.2) is 146 Å². The number of phenolic OH excluding ortho intramolecular Hbond substituents is 2. The number of carbonyl (C=O) groups excluding carboxylic acids is 3. The summed E-state index contributed by atoms with van der Waals surface area (Å²) in [5.41, 5.74) is 8.76. The lowest BCUT2D eigenvalue weighted by Crippen LogP contribution is -2.08. The van der Waals surface area contributed by atoms with E-state index >= 15 is 0 Å². The fourth-order valence-electron chi connectivity index (χ4n) is 8.09. The molecule has 0 spiro atoms. The molecule has 0 atom stereocenters. The highest BCUT2D eigenvalue weighted by molar-refractivity contribution is 6.17. The molecule has 82 heavy (non-hydrogen) atoms. The largest absolute Gasteiger partial charge is 0.507 e. The van der Waals surface area contributed by atoms with Crippen LogP contribution in [0.4, 0.5) is 0 Å². The zero-order chi connectivity index (χ0) is 59.0. The molecule has 21 heteroatoms. The third kappa shape index (κ3) is 16.2. The third-order valence-corrected chi connectivity index (χ3v) is 12.2. The fraction of sp³-hybridized carbons (Fsp3) is 0.262. The predicted molar refractivity (Wildman–Crippen MR) is 310 cm³/mol. The van der Waals surface area contributed by atoms with Crippen LogP contribution >= 0.6 is 11.6 Å². The smallest absolute Gasteiger partial charge is 0.188 e. The van der Waals surface area contributed by atoms with Crippen LogP contribution in [0.5, 0.6) is 34.5 Å². The number of rotatable bonds is 22. The summed E-state index contributed by atoms with van der Waals surface area (Å²) in [7, 11) is 3.00. The van der Waals surface area contributed by atoms with Crippen molar-refractivity contribution in [1.82, 2.24) is 44.3 Å². The number of aromatic nitrogens is 9. The molecule has 0 fully saturated rings. The van der Waals surface area contributed by atoms with Gasteiger partial charge in [0.1, 0.15) is 47.7 Å². The molecule has 0 bridgehead atoms. The molecule has 9 aromatic rings. The van der Waals surface area contributed by atoms with Gasteiger partial charge in [0.05, 0.1) is 50.9 Å². The zero-order valence-corrected chi connectivity index (χ0v) is 47.6. The highest BCUT2D eigenvalue weighted by Crippen LogP contribution is 2.32. The minimum absolute atomic E-state index is 0.0459. The van der Waals surface area contributed by atoms with Crippen molar-refractivity contribution in [2.75, 3.05) is 27.8 Å². The molecule has 0 amide bonds. The number of pyridine rings is 3. The van der Waals surface area contributed by atoms with Gasteiger partial charge in [-0.15, -0.1) is 11.6 Å². The summed E-state index contributed by atoms with van der Waals surface area (Å²) in [4.78, 5) is 46.7. The van der Waals surface area contributed by atoms with E-state index in [0.717, 1.165) is 57.1 Å². The molecule has 0 radical (unpaired) electrons. The Hall–Kier alpha value is -9.24. The van der Waals surface area contributed by atoms with Gasteiger partial charge in [-0.2, -0.15) is 15.3 Å². The van der Waals surface area contributed by atoms with E-state index in [1.165, 1.54) is 26.4 Å². The zero-order valence-electron chi connectivity index (χ0n) is 46.8. The second-order valence-corrected chi connectivity index (χ2v) is 18.8. The quantitative estimate of drug-likeness (QED) is 0.0364. The Morgan fingerprint density at radius 3 is 1.12 bits per heavy atom. The average molecular weight is 1140 g/mol. The molecule has 6 aromatic heterocycles. The standard InChI is InChI=1S/C21H23N3O4.C19H19N3O3.C12H14ClN3.C9H10O4/c1-15(2)24-18(9-11-23-24)21-16(6-5-10-22-21)13-27-19-7-4-8-20(17(19)12-25)28-14-26-3;1-13(2)22-16(8-10-21-22)19-14(5-4-9-20-19)12-25-18-7-3-6-17(24)15(18)11-23;1-9(2)16-11(5-7-15-16)12-10(8-13)4-3-6-14-12;1-12-6-13-9-4-2-3-8(11)7(9)5-10/h4-12,15H,13-14H2,1-3H3;3-11,13,24H,12H2,1-2H3;3-7,9H,8H2,1-2H3;2-5,11H,6H2,1H3. The van der Waals surface area contributed by atoms with Crippen molar-refractivity contribution < 1.29 is 53.0 Å². The summed E-state index contributed by atoms with van der Waals surface area (Å²) in [6, 6.07) is 32.5. The van der Waals surface area contributed by atoms with Gasteiger partial charge in [0.2, 0.25) is 0 Å². The summed E-state index contributed by atoms with van der Waals surface area (Å²) in [6.45, 7) is 13.0. The van der Waals surface area contributed by atoms with Crippen LogP contribution in [0.3, 0.4) is 0 Å². The summed E-state index contributed by atoms with van der Waals surface area (Å²) < 4.78 is 37.6. The molecule has 428 valence electrons. The van der Waals surface area contributed by atoms with Crippen LogP contribution in [0.1, 0.15) is 107 Å². The highest BCUT2D eigenvalue weighted by Gasteiger charge is 2.18. The average Bonchev–Trinajstić information content (AvgIpc) is 4.33. The lowest BCUT2D eigenvalue weighted by Gasteiger charge is -2.15. The fourth-order valence-corrected chi connectivity index (χ4v) is 8.31. The molecule has 0 aliphatic carbocycles. The third-order valence-electron chi connectivity index (χ3n) is 11.9. The van der Waals surface area contributed by atoms with Crippen molar-refractivity contribution in [2.24, 2.45) is 0 Å². The Balaban J connectivity index is 0.000000183. The van der Waals surface area contributed by atoms with Gasteiger partial charge >= 0.3 is 0 Å². The number of hydrogen-bond donors (Lipinski definition) is 2. The Kier molecular flexibility index (Phi) is 23.8. The van der Waals surface area contributed by atoms with Crippen molar-refractivity contribution >= 4 is 30.5 Å². The second-order valence-electron chi connectivity index (χ2n) is 18.5. The van der Waals surface area contributed by atoms with Gasteiger partial charge in [-0.25, -0.2) is 0 Å². The van der Waals surface area contributed by atoms with Crippen LogP contribution < -0.4 is 18.9 Å². The van der Waals surface area contributed by atoms with E-state index in [1.54, 1.807) is 79.6 Å². The summed E-state index contributed by atoms with van der Waals surface area (Å²) in [5.74, 6) is 1.78. The Labute approximate surface area is 480 Å². The van der Waals surface area contributed by atoms with Gasteiger partial charge in [-0.3, -0.25) is 43.4 Å². The number of hydrogen-bond acceptors (Lipinski definition) is 17. The molecular weight excluding hydrogens is 1070 g/mol. The molecule has 9 rings (SSSR count). The number of aldehydes is 3. The van der Waals surface area contributed by atoms with Gasteiger partial charge in [0, 0.05) is 86.5 Å². The maximum atomic E-state index is 11.6. The van der Waals surface area contributed by atoms with Crippen molar-refractivity contribution in [3.63, 3.8) is 0 Å². The Morgan fingerprint density at radius 1 is 0.439 bits per heavy atom. The molecule has 6 heterocycles. The molecule has 0 saturated carbocycles. The van der Waals surface area contributed by atoms with Crippen LogP contribution in [-0.4, -0.2) is 101 Å². The van der Waals surface area contributed by atoms with E-state index in [2.05, 4.69) is 76.5 Å². The Bertz CT molecular complexity index is 3470. The van der Waals surface area contributed by atoms with Crippen LogP contribution in [0.25, 0.3) is 34.2 Å². The van der Waals surface area contributed by atoms with Crippen molar-refractivity contribution in [2.45, 2.75) is 78.8 Å². The number of phenols is 2. The van der Waals surface area contributed by atoms with Gasteiger partial charge in [0.25, 0.3) is 0 Å². The van der Waals surface area contributed by atoms with Crippen LogP contribution in [0.2, 0.25) is 0 Å². The second kappa shape index (κ2) is 31.5. The lowest BCUT2D eigenvalue weighted by molar-refractivity contribution is 0.0501. The number of benzene rings is 3. The first-order valence-electron chi connectivity index (χ1n) is 25.9. The first-order valence-corrected chi connectivity index (χ1v) is 26.4. The Morgan fingerprint density at radius 2 is 0.768 bits per heavy atom. The maximum absolute atomic E-state index is 11.6. The first-order chi connectivity index (χ1) is 39.8. The summed E-state index contributed by atoms with van der Waals surface area (Å²) >= 11 is 5.91. The SMILES string of the molecule is CC(C)n1nccc1-c1ncccc1CCl.CC(C)n1nccc1-c1ncccc1COc1cccc(O)c1C=O.COCOc1cccc(O)c1C=O.COCOc1cccc(OCc2cccnc2-c2ccnn2C(C)C)c1C=O.